The fourth-order valence-electron chi connectivity index (χ4n) is 2.82. The second-order valence-corrected chi connectivity index (χ2v) is 6.40. The molecule has 0 atom stereocenters. The maximum absolute atomic E-state index is 13.5. The van der Waals surface area contributed by atoms with Gasteiger partial charge in [-0.1, -0.05) is 6.92 Å². The lowest BCUT2D eigenvalue weighted by atomic mass is 10.1. The number of benzene rings is 1. The highest BCUT2D eigenvalue weighted by molar-refractivity contribution is 6.00. The molecule has 152 valence electrons. The smallest absolute Gasteiger partial charge is 0.349 e. The zero-order valence-corrected chi connectivity index (χ0v) is 16.4. The Kier molecular flexibility index (Phi) is 7.26. The Morgan fingerprint density at radius 3 is 2.62 bits per heavy atom. The average molecular weight is 401 g/mol. The molecule has 0 aliphatic carbocycles. The number of hydrogen-bond donors (Lipinski definition) is 1. The molecule has 2 rings (SSSR count). The Bertz CT molecular complexity index is 1000. The van der Waals surface area contributed by atoms with E-state index in [2.05, 4.69) is 16.8 Å². The number of nitrogens with one attached hydrogen (secondary N) is 1. The van der Waals surface area contributed by atoms with E-state index in [9.17, 15) is 23.6 Å². The Morgan fingerprint density at radius 2 is 2.00 bits per heavy atom. The summed E-state index contributed by atoms with van der Waals surface area (Å²) in [5.41, 5.74) is 2.12. The van der Waals surface area contributed by atoms with Crippen molar-refractivity contribution in [2.24, 2.45) is 0 Å². The molecule has 0 saturated heterocycles. The highest BCUT2D eigenvalue weighted by Crippen LogP contribution is 2.19. The number of carbonyl (C=O) groups is 2. The Balaban J connectivity index is 2.05. The highest BCUT2D eigenvalue weighted by Gasteiger charge is 2.16. The van der Waals surface area contributed by atoms with Gasteiger partial charge in [-0.3, -0.25) is 4.79 Å². The zero-order valence-electron chi connectivity index (χ0n) is 16.4. The van der Waals surface area contributed by atoms with Gasteiger partial charge in [0.05, 0.1) is 5.69 Å². The molecule has 1 N–H and O–H groups in total. The van der Waals surface area contributed by atoms with Crippen LogP contribution < -0.4 is 5.32 Å². The van der Waals surface area contributed by atoms with Crippen LogP contribution in [0.25, 0.3) is 6.08 Å². The van der Waals surface area contributed by atoms with Crippen LogP contribution in [0.3, 0.4) is 0 Å². The van der Waals surface area contributed by atoms with Crippen molar-refractivity contribution in [1.29, 1.82) is 5.26 Å². The van der Waals surface area contributed by atoms with Crippen LogP contribution in [0, 0.1) is 36.8 Å². The molecular formula is C21H21F2N3O3. The van der Waals surface area contributed by atoms with E-state index in [1.54, 1.807) is 6.07 Å². The SMILES string of the molecule is CCCn1c(C)cc(/C=C(\C#N)C(=O)OCC(=O)Nc2ccc(F)cc2F)c1C. The molecule has 8 heteroatoms. The number of carbonyl (C=O) groups excluding carboxylic acids is 2. The lowest BCUT2D eigenvalue weighted by Gasteiger charge is -2.08. The van der Waals surface area contributed by atoms with Crippen LogP contribution in [0.5, 0.6) is 0 Å². The summed E-state index contributed by atoms with van der Waals surface area (Å²) in [6.45, 7) is 5.97. The molecule has 0 fully saturated rings. The summed E-state index contributed by atoms with van der Waals surface area (Å²) in [5, 5.41) is 11.4. The van der Waals surface area contributed by atoms with Crippen molar-refractivity contribution >= 4 is 23.6 Å². The van der Waals surface area contributed by atoms with Gasteiger partial charge in [0.1, 0.15) is 23.3 Å². The number of amides is 1. The largest absolute Gasteiger partial charge is 0.451 e. The van der Waals surface area contributed by atoms with Gasteiger partial charge in [-0.25, -0.2) is 13.6 Å². The third-order valence-corrected chi connectivity index (χ3v) is 4.24. The number of ether oxygens (including phenoxy) is 1. The molecule has 6 nitrogen and oxygen atoms in total. The summed E-state index contributed by atoms with van der Waals surface area (Å²) in [4.78, 5) is 24.0. The van der Waals surface area contributed by atoms with E-state index < -0.39 is 30.1 Å². The minimum atomic E-state index is -0.970. The third kappa shape index (κ3) is 5.51. The van der Waals surface area contributed by atoms with Crippen LogP contribution in [-0.2, 0) is 20.9 Å². The average Bonchev–Trinajstić information content (AvgIpc) is 2.94. The first-order chi connectivity index (χ1) is 13.8. The maximum atomic E-state index is 13.5. The van der Waals surface area contributed by atoms with E-state index in [-0.39, 0.29) is 11.3 Å². The quantitative estimate of drug-likeness (QED) is 0.434. The Labute approximate surface area is 167 Å². The number of anilines is 1. The normalized spacial score (nSPS) is 11.1. The van der Waals surface area contributed by atoms with Crippen LogP contribution >= 0.6 is 0 Å². The molecule has 1 aromatic heterocycles. The molecule has 0 unspecified atom stereocenters. The van der Waals surface area contributed by atoms with Crippen LogP contribution in [0.15, 0.2) is 29.8 Å². The first-order valence-electron chi connectivity index (χ1n) is 8.97. The molecule has 0 aliphatic heterocycles. The lowest BCUT2D eigenvalue weighted by Crippen LogP contribution is -2.22. The van der Waals surface area contributed by atoms with Crippen molar-refractivity contribution < 1.29 is 23.1 Å². The summed E-state index contributed by atoms with van der Waals surface area (Å²) in [7, 11) is 0. The molecule has 0 radical (unpaired) electrons. The van der Waals surface area contributed by atoms with E-state index >= 15 is 0 Å². The minimum absolute atomic E-state index is 0.244. The van der Waals surface area contributed by atoms with Gasteiger partial charge in [0, 0.05) is 24.0 Å². The maximum Gasteiger partial charge on any atom is 0.349 e. The van der Waals surface area contributed by atoms with E-state index in [0.29, 0.717) is 11.6 Å². The van der Waals surface area contributed by atoms with Gasteiger partial charge in [0.15, 0.2) is 6.61 Å². The molecule has 2 aromatic rings. The lowest BCUT2D eigenvalue weighted by molar-refractivity contribution is -0.142. The number of esters is 1. The minimum Gasteiger partial charge on any atom is -0.451 e. The van der Waals surface area contributed by atoms with Gasteiger partial charge in [-0.15, -0.1) is 0 Å². The van der Waals surface area contributed by atoms with Gasteiger partial charge in [-0.2, -0.15) is 5.26 Å². The van der Waals surface area contributed by atoms with Gasteiger partial charge in [-0.05, 0) is 50.1 Å². The summed E-state index contributed by atoms with van der Waals surface area (Å²) in [5.74, 6) is -3.52. The number of nitriles is 1. The summed E-state index contributed by atoms with van der Waals surface area (Å²) < 4.78 is 33.4. The van der Waals surface area contributed by atoms with Gasteiger partial charge < -0.3 is 14.6 Å². The van der Waals surface area contributed by atoms with E-state index in [1.807, 2.05) is 19.9 Å². The van der Waals surface area contributed by atoms with Gasteiger partial charge in [0.25, 0.3) is 5.91 Å². The van der Waals surface area contributed by atoms with E-state index in [0.717, 1.165) is 36.5 Å². The van der Waals surface area contributed by atoms with Gasteiger partial charge >= 0.3 is 5.97 Å². The van der Waals surface area contributed by atoms with Crippen molar-refractivity contribution in [3.63, 3.8) is 0 Å². The number of aromatic nitrogens is 1. The van der Waals surface area contributed by atoms with Crippen molar-refractivity contribution in [1.82, 2.24) is 4.57 Å². The van der Waals surface area contributed by atoms with Crippen molar-refractivity contribution in [2.75, 3.05) is 11.9 Å². The number of nitrogens with zero attached hydrogens (tertiary/aromatic N) is 2. The molecule has 1 aromatic carbocycles. The first kappa shape index (κ1) is 21.8. The number of halogens is 2. The predicted octanol–water partition coefficient (Wildman–Crippen LogP) is 3.88. The van der Waals surface area contributed by atoms with Crippen LogP contribution in [0.2, 0.25) is 0 Å². The fraction of sp³-hybridized carbons (Fsp3) is 0.286. The molecule has 0 saturated carbocycles. The molecule has 0 bridgehead atoms. The Morgan fingerprint density at radius 1 is 1.28 bits per heavy atom. The second kappa shape index (κ2) is 9.64. The molecule has 1 heterocycles. The van der Waals surface area contributed by atoms with Crippen LogP contribution in [0.1, 0.15) is 30.3 Å². The zero-order chi connectivity index (χ0) is 21.6. The third-order valence-electron chi connectivity index (χ3n) is 4.24. The van der Waals surface area contributed by atoms with Gasteiger partial charge in [0.2, 0.25) is 0 Å². The fourth-order valence-corrected chi connectivity index (χ4v) is 2.82. The predicted molar refractivity (Wildman–Crippen MR) is 104 cm³/mol. The van der Waals surface area contributed by atoms with Crippen LogP contribution in [0.4, 0.5) is 14.5 Å². The molecule has 1 amide bonds. The number of hydrogen-bond acceptors (Lipinski definition) is 4. The second-order valence-electron chi connectivity index (χ2n) is 6.40. The van der Waals surface area contributed by atoms with E-state index in [4.69, 9.17) is 4.74 Å². The van der Waals surface area contributed by atoms with Crippen LogP contribution in [-0.4, -0.2) is 23.1 Å². The molecular weight excluding hydrogens is 380 g/mol. The van der Waals surface area contributed by atoms with E-state index in [1.165, 1.54) is 6.08 Å². The van der Waals surface area contributed by atoms with Crippen molar-refractivity contribution in [3.05, 3.63) is 58.4 Å². The summed E-state index contributed by atoms with van der Waals surface area (Å²) >= 11 is 0. The topological polar surface area (TPSA) is 84.1 Å². The summed E-state index contributed by atoms with van der Waals surface area (Å²) in [6.07, 6.45) is 2.35. The molecule has 0 spiro atoms. The van der Waals surface area contributed by atoms with Crippen molar-refractivity contribution in [3.8, 4) is 6.07 Å². The summed E-state index contributed by atoms with van der Waals surface area (Å²) in [6, 6.07) is 6.28. The van der Waals surface area contributed by atoms with Crippen molar-refractivity contribution in [2.45, 2.75) is 33.7 Å². The highest BCUT2D eigenvalue weighted by atomic mass is 19.1. The molecule has 29 heavy (non-hydrogen) atoms. The molecule has 0 aliphatic rings. The number of rotatable bonds is 7. The standard InChI is InChI=1S/C21H21F2N3O3/c1-4-7-26-13(2)8-15(14(26)3)9-16(11-24)21(28)29-12-20(27)25-19-6-5-17(22)10-18(19)23/h5-6,8-10H,4,7,12H2,1-3H3,(H,25,27)/b16-9+. The monoisotopic (exact) mass is 401 g/mol. The Hall–Kier alpha value is -3.47. The number of aryl methyl sites for hydroxylation is 1. The first-order valence-corrected chi connectivity index (χ1v) is 8.97.